The van der Waals surface area contributed by atoms with Gasteiger partial charge in [-0.05, 0) is 50.5 Å². The first kappa shape index (κ1) is 11.7. The van der Waals surface area contributed by atoms with Crippen LogP contribution in [0.2, 0.25) is 0 Å². The quantitative estimate of drug-likeness (QED) is 0.860. The lowest BCUT2D eigenvalue weighted by Crippen LogP contribution is -2.13. The summed E-state index contributed by atoms with van der Waals surface area (Å²) in [6, 6.07) is 6.41. The summed E-state index contributed by atoms with van der Waals surface area (Å²) in [6.45, 7) is 8.54. The molecule has 0 spiro atoms. The second-order valence-electron chi connectivity index (χ2n) is 4.69. The lowest BCUT2D eigenvalue weighted by atomic mass is 9.95. The van der Waals surface area contributed by atoms with E-state index in [1.165, 1.54) is 22.3 Å². The molecule has 3 heteroatoms. The Kier molecular flexibility index (Phi) is 2.92. The molecule has 1 unspecified atom stereocenters. The van der Waals surface area contributed by atoms with E-state index in [-0.39, 0.29) is 6.04 Å². The molecule has 0 fully saturated rings. The summed E-state index contributed by atoms with van der Waals surface area (Å²) in [5.74, 6) is 0.705. The number of nitrogen functional groups attached to an aromatic ring is 1. The first-order valence-corrected chi connectivity index (χ1v) is 5.87. The molecule has 90 valence electrons. The maximum absolute atomic E-state index is 5.91. The van der Waals surface area contributed by atoms with Gasteiger partial charge in [0.15, 0.2) is 0 Å². The topological polar surface area (TPSA) is 43.8 Å². The average molecular weight is 229 g/mol. The Balaban J connectivity index is 2.51. The summed E-state index contributed by atoms with van der Waals surface area (Å²) >= 11 is 0. The summed E-state index contributed by atoms with van der Waals surface area (Å²) in [5.41, 5.74) is 11.1. The van der Waals surface area contributed by atoms with Crippen LogP contribution >= 0.6 is 0 Å². The second-order valence-corrected chi connectivity index (χ2v) is 4.69. The number of anilines is 1. The van der Waals surface area contributed by atoms with Crippen molar-refractivity contribution in [1.29, 1.82) is 0 Å². The minimum absolute atomic E-state index is 0.172. The average Bonchev–Trinajstić information content (AvgIpc) is 2.62. The molecular formula is C14H19N3. The highest BCUT2D eigenvalue weighted by Gasteiger charge is 2.15. The third-order valence-electron chi connectivity index (χ3n) is 3.22. The Labute approximate surface area is 102 Å². The van der Waals surface area contributed by atoms with E-state index in [1.54, 1.807) is 6.20 Å². The highest BCUT2D eigenvalue weighted by molar-refractivity contribution is 5.41. The highest BCUT2D eigenvalue weighted by Crippen LogP contribution is 2.27. The van der Waals surface area contributed by atoms with Crippen LogP contribution < -0.4 is 5.73 Å². The normalized spacial score (nSPS) is 12.7. The SMILES string of the molecule is Cc1cc(C)c(C(C)n2nccc2N)c(C)c1. The van der Waals surface area contributed by atoms with Crippen molar-refractivity contribution in [3.63, 3.8) is 0 Å². The van der Waals surface area contributed by atoms with Crippen LogP contribution in [0.15, 0.2) is 24.4 Å². The smallest absolute Gasteiger partial charge is 0.122 e. The number of hydrogen-bond donors (Lipinski definition) is 1. The predicted molar refractivity (Wildman–Crippen MR) is 71.1 cm³/mol. The molecular weight excluding hydrogens is 210 g/mol. The molecule has 1 heterocycles. The number of aromatic nitrogens is 2. The van der Waals surface area contributed by atoms with E-state index in [0.29, 0.717) is 5.82 Å². The van der Waals surface area contributed by atoms with Crippen molar-refractivity contribution in [1.82, 2.24) is 9.78 Å². The zero-order valence-electron chi connectivity index (χ0n) is 10.9. The van der Waals surface area contributed by atoms with Gasteiger partial charge in [-0.15, -0.1) is 0 Å². The van der Waals surface area contributed by atoms with Gasteiger partial charge in [-0.2, -0.15) is 5.10 Å². The number of rotatable bonds is 2. The second kappa shape index (κ2) is 4.24. The first-order valence-electron chi connectivity index (χ1n) is 5.87. The van der Waals surface area contributed by atoms with Crippen LogP contribution in [0, 0.1) is 20.8 Å². The number of benzene rings is 1. The van der Waals surface area contributed by atoms with Crippen molar-refractivity contribution in [3.8, 4) is 0 Å². The summed E-state index contributed by atoms with van der Waals surface area (Å²) in [5, 5.41) is 4.29. The maximum atomic E-state index is 5.91. The van der Waals surface area contributed by atoms with Gasteiger partial charge in [-0.1, -0.05) is 17.7 Å². The molecule has 17 heavy (non-hydrogen) atoms. The fourth-order valence-corrected chi connectivity index (χ4v) is 2.62. The molecule has 0 saturated carbocycles. The minimum Gasteiger partial charge on any atom is -0.384 e. The van der Waals surface area contributed by atoms with Crippen LogP contribution in [-0.2, 0) is 0 Å². The number of aryl methyl sites for hydroxylation is 3. The highest BCUT2D eigenvalue weighted by atomic mass is 15.3. The van der Waals surface area contributed by atoms with E-state index in [1.807, 2.05) is 10.7 Å². The van der Waals surface area contributed by atoms with E-state index < -0.39 is 0 Å². The van der Waals surface area contributed by atoms with Gasteiger partial charge >= 0.3 is 0 Å². The van der Waals surface area contributed by atoms with E-state index in [0.717, 1.165) is 0 Å². The molecule has 0 aliphatic carbocycles. The van der Waals surface area contributed by atoms with Crippen LogP contribution in [0.5, 0.6) is 0 Å². The molecule has 1 atom stereocenters. The van der Waals surface area contributed by atoms with Gasteiger partial charge in [0.2, 0.25) is 0 Å². The van der Waals surface area contributed by atoms with E-state index >= 15 is 0 Å². The fourth-order valence-electron chi connectivity index (χ4n) is 2.62. The monoisotopic (exact) mass is 229 g/mol. The van der Waals surface area contributed by atoms with E-state index in [4.69, 9.17) is 5.73 Å². The summed E-state index contributed by atoms with van der Waals surface area (Å²) < 4.78 is 1.87. The summed E-state index contributed by atoms with van der Waals surface area (Å²) in [4.78, 5) is 0. The first-order chi connectivity index (χ1) is 8.00. The summed E-state index contributed by atoms with van der Waals surface area (Å²) in [6.07, 6.45) is 1.74. The van der Waals surface area contributed by atoms with Gasteiger partial charge in [-0.3, -0.25) is 0 Å². The molecule has 0 aliphatic heterocycles. The molecule has 2 N–H and O–H groups in total. The molecule has 0 aliphatic rings. The van der Waals surface area contributed by atoms with Gasteiger partial charge < -0.3 is 5.73 Å². The van der Waals surface area contributed by atoms with E-state index in [9.17, 15) is 0 Å². The minimum atomic E-state index is 0.172. The van der Waals surface area contributed by atoms with Gasteiger partial charge in [0.05, 0.1) is 12.2 Å². The molecule has 0 radical (unpaired) electrons. The van der Waals surface area contributed by atoms with Crippen molar-refractivity contribution in [2.75, 3.05) is 5.73 Å². The van der Waals surface area contributed by atoms with Gasteiger partial charge in [0.1, 0.15) is 5.82 Å². The molecule has 2 aromatic rings. The molecule has 3 nitrogen and oxygen atoms in total. The van der Waals surface area contributed by atoms with Crippen LogP contribution in [0.25, 0.3) is 0 Å². The molecule has 1 aromatic carbocycles. The van der Waals surface area contributed by atoms with E-state index in [2.05, 4.69) is 44.9 Å². The Morgan fingerprint density at radius 1 is 1.18 bits per heavy atom. The van der Waals surface area contributed by atoms with Gasteiger partial charge in [0, 0.05) is 0 Å². The van der Waals surface area contributed by atoms with Crippen LogP contribution in [0.1, 0.15) is 35.2 Å². The van der Waals surface area contributed by atoms with Gasteiger partial charge in [0.25, 0.3) is 0 Å². The Morgan fingerprint density at radius 2 is 1.76 bits per heavy atom. The number of hydrogen-bond acceptors (Lipinski definition) is 2. The Bertz CT molecular complexity index is 517. The van der Waals surface area contributed by atoms with Crippen LogP contribution in [0.3, 0.4) is 0 Å². The number of nitrogens with two attached hydrogens (primary N) is 1. The fraction of sp³-hybridized carbons (Fsp3) is 0.357. The standard InChI is InChI=1S/C14H19N3/c1-9-7-10(2)14(11(3)8-9)12(4)17-13(15)5-6-16-17/h5-8,12H,15H2,1-4H3. The summed E-state index contributed by atoms with van der Waals surface area (Å²) in [7, 11) is 0. The molecule has 0 bridgehead atoms. The van der Waals surface area contributed by atoms with Crippen LogP contribution in [-0.4, -0.2) is 9.78 Å². The zero-order chi connectivity index (χ0) is 12.6. The molecule has 0 amide bonds. The molecule has 1 aromatic heterocycles. The lowest BCUT2D eigenvalue weighted by Gasteiger charge is -2.20. The number of nitrogens with zero attached hydrogens (tertiary/aromatic N) is 2. The Hall–Kier alpha value is -1.77. The Morgan fingerprint density at radius 3 is 2.24 bits per heavy atom. The van der Waals surface area contributed by atoms with Crippen molar-refractivity contribution in [3.05, 3.63) is 46.6 Å². The predicted octanol–water partition coefficient (Wildman–Crippen LogP) is 3.00. The third-order valence-corrected chi connectivity index (χ3v) is 3.22. The lowest BCUT2D eigenvalue weighted by molar-refractivity contribution is 0.568. The van der Waals surface area contributed by atoms with Crippen molar-refractivity contribution in [2.45, 2.75) is 33.7 Å². The molecule has 0 saturated heterocycles. The van der Waals surface area contributed by atoms with Crippen molar-refractivity contribution in [2.24, 2.45) is 0 Å². The maximum Gasteiger partial charge on any atom is 0.122 e. The van der Waals surface area contributed by atoms with Crippen molar-refractivity contribution < 1.29 is 0 Å². The largest absolute Gasteiger partial charge is 0.384 e. The van der Waals surface area contributed by atoms with Crippen molar-refractivity contribution >= 4 is 5.82 Å². The van der Waals surface area contributed by atoms with Gasteiger partial charge in [-0.25, -0.2) is 4.68 Å². The van der Waals surface area contributed by atoms with Crippen LogP contribution in [0.4, 0.5) is 5.82 Å². The zero-order valence-corrected chi connectivity index (χ0v) is 10.9. The molecule has 2 rings (SSSR count). The third kappa shape index (κ3) is 2.05.